The Morgan fingerprint density at radius 2 is 1.31 bits per heavy atom. The lowest BCUT2D eigenvalue weighted by molar-refractivity contribution is -0.128. The summed E-state index contributed by atoms with van der Waals surface area (Å²) in [6.07, 6.45) is 1.80. The second kappa shape index (κ2) is 12.8. The molecule has 0 saturated heterocycles. The van der Waals surface area contributed by atoms with Crippen molar-refractivity contribution in [1.82, 2.24) is 20.2 Å². The van der Waals surface area contributed by atoms with Crippen LogP contribution in [0.25, 0.3) is 0 Å². The molecule has 1 heterocycles. The third-order valence-electron chi connectivity index (χ3n) is 5.67. The van der Waals surface area contributed by atoms with Gasteiger partial charge in [-0.1, -0.05) is 70.4 Å². The van der Waals surface area contributed by atoms with Crippen LogP contribution in [0.15, 0.2) is 48.5 Å². The van der Waals surface area contributed by atoms with Crippen LogP contribution in [0, 0.1) is 0 Å². The van der Waals surface area contributed by atoms with Crippen LogP contribution >= 0.6 is 0 Å². The molecule has 0 atom stereocenters. The number of aryl methyl sites for hydroxylation is 1. The third kappa shape index (κ3) is 7.37. The number of benzene rings is 2. The molecule has 0 N–H and O–H groups in total. The van der Waals surface area contributed by atoms with E-state index < -0.39 is 11.8 Å². The van der Waals surface area contributed by atoms with Gasteiger partial charge in [-0.05, 0) is 58.9 Å². The van der Waals surface area contributed by atoms with Gasteiger partial charge in [0.1, 0.15) is 11.5 Å². The molecule has 0 saturated carbocycles. The second-order valence-corrected chi connectivity index (χ2v) is 9.19. The van der Waals surface area contributed by atoms with Crippen molar-refractivity contribution in [2.75, 3.05) is 18.1 Å². The van der Waals surface area contributed by atoms with Gasteiger partial charge >= 0.3 is 0 Å². The quantitative estimate of drug-likeness (QED) is 0.359. The van der Waals surface area contributed by atoms with Crippen LogP contribution in [0.4, 0.5) is 5.95 Å². The third-order valence-corrected chi connectivity index (χ3v) is 5.67. The lowest BCUT2D eigenvalue weighted by atomic mass is 10.0. The molecule has 0 aliphatic rings. The number of carbonyl (C=O) groups excluding carboxylic acids is 2. The smallest absolute Gasteiger partial charge is 0.279 e. The highest BCUT2D eigenvalue weighted by Crippen LogP contribution is 2.20. The molecule has 3 aromatic rings. The normalized spacial score (nSPS) is 11.1. The first-order valence-corrected chi connectivity index (χ1v) is 12.4. The largest absolute Gasteiger partial charge is 0.484 e. The van der Waals surface area contributed by atoms with Crippen molar-refractivity contribution >= 4 is 17.8 Å². The zero-order valence-electron chi connectivity index (χ0n) is 21.7. The molecular formula is C27H35N5O4. The molecule has 192 valence electrons. The van der Waals surface area contributed by atoms with Gasteiger partial charge in [0.05, 0.1) is 6.54 Å². The Labute approximate surface area is 212 Å². The standard InChI is InChI=1S/C27H35N5O4/c1-6-7-16-31-29-27(28-30-31)32(25(33)17-35-23-12-8-21(9-13-23)19(2)3)26(34)18-36-24-14-10-22(11-15-24)20(4)5/h8-15,19-20H,6-7,16-18H2,1-5H3. The van der Waals surface area contributed by atoms with Gasteiger partial charge in [0.15, 0.2) is 13.2 Å². The summed E-state index contributed by atoms with van der Waals surface area (Å²) < 4.78 is 11.3. The SMILES string of the molecule is CCCCn1nnc(N(C(=O)COc2ccc(C(C)C)cc2)C(=O)COc2ccc(C(C)C)cc2)n1. The maximum Gasteiger partial charge on any atom is 0.279 e. The Bertz CT molecular complexity index is 1060. The van der Waals surface area contributed by atoms with E-state index in [-0.39, 0.29) is 19.2 Å². The van der Waals surface area contributed by atoms with Gasteiger partial charge < -0.3 is 9.47 Å². The average molecular weight is 494 g/mol. The van der Waals surface area contributed by atoms with Gasteiger partial charge in [-0.3, -0.25) is 9.59 Å². The van der Waals surface area contributed by atoms with E-state index in [1.54, 1.807) is 24.3 Å². The number of anilines is 1. The molecule has 0 aliphatic carbocycles. The number of carbonyl (C=O) groups is 2. The number of rotatable bonds is 12. The van der Waals surface area contributed by atoms with E-state index >= 15 is 0 Å². The number of imide groups is 1. The van der Waals surface area contributed by atoms with Crippen molar-refractivity contribution in [3.8, 4) is 11.5 Å². The molecule has 3 rings (SSSR count). The van der Waals surface area contributed by atoms with Crippen molar-refractivity contribution in [2.45, 2.75) is 65.8 Å². The minimum atomic E-state index is -0.610. The zero-order valence-corrected chi connectivity index (χ0v) is 21.7. The summed E-state index contributed by atoms with van der Waals surface area (Å²) in [5.41, 5.74) is 2.33. The predicted octanol–water partition coefficient (Wildman–Crippen LogP) is 4.74. The summed E-state index contributed by atoms with van der Waals surface area (Å²) in [5.74, 6) is 0.512. The van der Waals surface area contributed by atoms with Crippen LogP contribution in [0.1, 0.15) is 70.4 Å². The monoisotopic (exact) mass is 493 g/mol. The molecular weight excluding hydrogens is 458 g/mol. The summed E-state index contributed by atoms with van der Waals surface area (Å²) in [6.45, 7) is 10.3. The molecule has 9 nitrogen and oxygen atoms in total. The molecule has 0 unspecified atom stereocenters. The highest BCUT2D eigenvalue weighted by Gasteiger charge is 2.28. The fourth-order valence-corrected chi connectivity index (χ4v) is 3.40. The lowest BCUT2D eigenvalue weighted by Crippen LogP contribution is -2.43. The van der Waals surface area contributed by atoms with Crippen LogP contribution in [0.3, 0.4) is 0 Å². The number of aromatic nitrogens is 4. The Morgan fingerprint density at radius 1 is 0.833 bits per heavy atom. The molecule has 0 radical (unpaired) electrons. The summed E-state index contributed by atoms with van der Waals surface area (Å²) in [5, 5.41) is 12.1. The second-order valence-electron chi connectivity index (χ2n) is 9.19. The van der Waals surface area contributed by atoms with E-state index in [4.69, 9.17) is 9.47 Å². The Balaban J connectivity index is 1.71. The van der Waals surface area contributed by atoms with E-state index in [1.165, 1.54) is 4.80 Å². The molecule has 36 heavy (non-hydrogen) atoms. The Kier molecular flexibility index (Phi) is 9.55. The van der Waals surface area contributed by atoms with E-state index in [2.05, 4.69) is 43.1 Å². The van der Waals surface area contributed by atoms with E-state index in [0.717, 1.165) is 28.9 Å². The fourth-order valence-electron chi connectivity index (χ4n) is 3.40. The summed E-state index contributed by atoms with van der Waals surface area (Å²) >= 11 is 0. The molecule has 2 aromatic carbocycles. The number of hydrogen-bond donors (Lipinski definition) is 0. The number of ether oxygens (including phenoxy) is 2. The van der Waals surface area contributed by atoms with Crippen molar-refractivity contribution in [2.24, 2.45) is 0 Å². The summed E-state index contributed by atoms with van der Waals surface area (Å²) in [4.78, 5) is 28.4. The van der Waals surface area contributed by atoms with Gasteiger partial charge in [-0.25, -0.2) is 4.90 Å². The van der Waals surface area contributed by atoms with Crippen LogP contribution in [-0.4, -0.2) is 45.2 Å². The van der Waals surface area contributed by atoms with Crippen LogP contribution < -0.4 is 14.4 Å². The van der Waals surface area contributed by atoms with E-state index in [0.29, 0.717) is 29.9 Å². The number of nitrogens with zero attached hydrogens (tertiary/aromatic N) is 5. The van der Waals surface area contributed by atoms with Crippen molar-refractivity contribution in [3.05, 3.63) is 59.7 Å². The van der Waals surface area contributed by atoms with Gasteiger partial charge in [-0.2, -0.15) is 4.80 Å². The first-order valence-electron chi connectivity index (χ1n) is 12.4. The fraction of sp³-hybridized carbons (Fsp3) is 0.444. The molecule has 0 spiro atoms. The number of tetrazole rings is 1. The van der Waals surface area contributed by atoms with Crippen molar-refractivity contribution in [3.63, 3.8) is 0 Å². The van der Waals surface area contributed by atoms with E-state index in [1.807, 2.05) is 31.2 Å². The van der Waals surface area contributed by atoms with Gasteiger partial charge in [0.2, 0.25) is 0 Å². The predicted molar refractivity (Wildman–Crippen MR) is 137 cm³/mol. The molecule has 2 amide bonds. The van der Waals surface area contributed by atoms with E-state index in [9.17, 15) is 9.59 Å². The molecule has 0 bridgehead atoms. The van der Waals surface area contributed by atoms with Crippen LogP contribution in [0.5, 0.6) is 11.5 Å². The summed E-state index contributed by atoms with van der Waals surface area (Å²) in [7, 11) is 0. The first-order chi connectivity index (χ1) is 17.3. The molecule has 0 aliphatic heterocycles. The first kappa shape index (κ1) is 26.8. The average Bonchev–Trinajstić information content (AvgIpc) is 3.33. The number of amides is 2. The lowest BCUT2D eigenvalue weighted by Gasteiger charge is -2.18. The maximum atomic E-state index is 13.1. The molecule has 0 fully saturated rings. The highest BCUT2D eigenvalue weighted by atomic mass is 16.5. The Hall–Kier alpha value is -3.75. The van der Waals surface area contributed by atoms with Gasteiger partial charge in [0.25, 0.3) is 17.8 Å². The molecule has 1 aromatic heterocycles. The van der Waals surface area contributed by atoms with Crippen molar-refractivity contribution < 1.29 is 19.1 Å². The van der Waals surface area contributed by atoms with Gasteiger partial charge in [0, 0.05) is 0 Å². The summed E-state index contributed by atoms with van der Waals surface area (Å²) in [6, 6.07) is 15.0. The minimum absolute atomic E-state index is 0.0985. The highest BCUT2D eigenvalue weighted by molar-refractivity contribution is 6.14. The zero-order chi connectivity index (χ0) is 26.1. The molecule has 9 heteroatoms. The van der Waals surface area contributed by atoms with Crippen LogP contribution in [0.2, 0.25) is 0 Å². The maximum absolute atomic E-state index is 13.1. The van der Waals surface area contributed by atoms with Crippen LogP contribution in [-0.2, 0) is 16.1 Å². The van der Waals surface area contributed by atoms with Gasteiger partial charge in [-0.15, -0.1) is 5.10 Å². The number of unbranched alkanes of at least 4 members (excludes halogenated alkanes) is 1. The van der Waals surface area contributed by atoms with Crippen molar-refractivity contribution in [1.29, 1.82) is 0 Å². The topological polar surface area (TPSA) is 99.4 Å². The Morgan fingerprint density at radius 3 is 1.72 bits per heavy atom. The minimum Gasteiger partial charge on any atom is -0.484 e. The number of hydrogen-bond acceptors (Lipinski definition) is 7.